The first-order valence-corrected chi connectivity index (χ1v) is 4.59. The Balaban J connectivity index is 2.35. The van der Waals surface area contributed by atoms with Gasteiger partial charge in [-0.1, -0.05) is 13.8 Å². The van der Waals surface area contributed by atoms with Crippen molar-refractivity contribution in [2.24, 2.45) is 5.92 Å². The molecule has 0 saturated heterocycles. The number of amides is 1. The average Bonchev–Trinajstić information content (AvgIpc) is 2.36. The van der Waals surface area contributed by atoms with Gasteiger partial charge in [-0.2, -0.15) is 0 Å². The Bertz CT molecular complexity index is 168. The highest BCUT2D eigenvalue weighted by Crippen LogP contribution is 2.18. The average molecular weight is 171 g/mol. The monoisotopic (exact) mass is 171 g/mol. The molecule has 1 saturated carbocycles. The summed E-state index contributed by atoms with van der Waals surface area (Å²) >= 11 is 0. The summed E-state index contributed by atoms with van der Waals surface area (Å²) < 4.78 is 0. The van der Waals surface area contributed by atoms with Crippen LogP contribution in [-0.2, 0) is 4.79 Å². The maximum Gasteiger partial charge on any atom is 0.222 e. The lowest BCUT2D eigenvalue weighted by Crippen LogP contribution is -2.41. The fourth-order valence-corrected chi connectivity index (χ4v) is 1.46. The van der Waals surface area contributed by atoms with Gasteiger partial charge in [-0.15, -0.1) is 0 Å². The van der Waals surface area contributed by atoms with Crippen LogP contribution in [0.15, 0.2) is 0 Å². The van der Waals surface area contributed by atoms with Crippen LogP contribution in [0.4, 0.5) is 0 Å². The van der Waals surface area contributed by atoms with Crippen LogP contribution in [-0.4, -0.2) is 23.2 Å². The van der Waals surface area contributed by atoms with E-state index < -0.39 is 0 Å². The number of rotatable bonds is 2. The lowest BCUT2D eigenvalue weighted by molar-refractivity contribution is -0.125. The molecule has 2 atom stereocenters. The van der Waals surface area contributed by atoms with Gasteiger partial charge in [-0.25, -0.2) is 0 Å². The quantitative estimate of drug-likeness (QED) is 0.641. The van der Waals surface area contributed by atoms with Gasteiger partial charge < -0.3 is 10.4 Å². The van der Waals surface area contributed by atoms with Crippen LogP contribution in [0, 0.1) is 5.92 Å². The van der Waals surface area contributed by atoms with Crippen LogP contribution in [0.25, 0.3) is 0 Å². The Morgan fingerprint density at radius 2 is 2.17 bits per heavy atom. The molecule has 0 aromatic heterocycles. The van der Waals surface area contributed by atoms with Gasteiger partial charge in [0.1, 0.15) is 0 Å². The van der Waals surface area contributed by atoms with Gasteiger partial charge in [0.05, 0.1) is 12.1 Å². The highest BCUT2D eigenvalue weighted by molar-refractivity contribution is 5.78. The van der Waals surface area contributed by atoms with Crippen molar-refractivity contribution in [2.75, 3.05) is 0 Å². The molecule has 2 N–H and O–H groups in total. The third-order valence-corrected chi connectivity index (χ3v) is 2.33. The first kappa shape index (κ1) is 9.52. The molecular formula is C9H17NO2. The molecule has 1 fully saturated rings. The lowest BCUT2D eigenvalue weighted by atomic mass is 10.1. The molecule has 1 aliphatic carbocycles. The third-order valence-electron chi connectivity index (χ3n) is 2.33. The Morgan fingerprint density at radius 3 is 2.58 bits per heavy atom. The molecule has 0 aromatic carbocycles. The summed E-state index contributed by atoms with van der Waals surface area (Å²) in [6.07, 6.45) is 2.43. The van der Waals surface area contributed by atoms with E-state index in [1.165, 1.54) is 0 Å². The highest BCUT2D eigenvalue weighted by atomic mass is 16.3. The van der Waals surface area contributed by atoms with E-state index >= 15 is 0 Å². The fraction of sp³-hybridized carbons (Fsp3) is 0.889. The topological polar surface area (TPSA) is 49.3 Å². The van der Waals surface area contributed by atoms with E-state index in [0.29, 0.717) is 0 Å². The Morgan fingerprint density at radius 1 is 1.50 bits per heavy atom. The number of nitrogens with one attached hydrogen (secondary N) is 1. The molecule has 1 aliphatic rings. The summed E-state index contributed by atoms with van der Waals surface area (Å²) in [5.74, 6) is 0.0544. The standard InChI is InChI=1S/C9H17NO2/c1-6(2)9(12)10-7-4-3-5-8(7)11/h6-8,11H,3-5H2,1-2H3,(H,10,12)/t7-,8-/m0/s1. The molecule has 0 unspecified atom stereocenters. The maximum atomic E-state index is 11.2. The van der Waals surface area contributed by atoms with Gasteiger partial charge in [-0.05, 0) is 19.3 Å². The van der Waals surface area contributed by atoms with Gasteiger partial charge in [-0.3, -0.25) is 4.79 Å². The molecule has 0 heterocycles. The SMILES string of the molecule is CC(C)C(=O)N[C@H]1CCC[C@@H]1O. The molecule has 0 aliphatic heterocycles. The lowest BCUT2D eigenvalue weighted by Gasteiger charge is -2.17. The first-order valence-electron chi connectivity index (χ1n) is 4.59. The van der Waals surface area contributed by atoms with Crippen molar-refractivity contribution in [1.82, 2.24) is 5.32 Å². The zero-order valence-corrected chi connectivity index (χ0v) is 7.71. The van der Waals surface area contributed by atoms with Gasteiger partial charge in [0.15, 0.2) is 0 Å². The van der Waals surface area contributed by atoms with Crippen molar-refractivity contribution in [1.29, 1.82) is 0 Å². The summed E-state index contributed by atoms with van der Waals surface area (Å²) in [7, 11) is 0. The highest BCUT2D eigenvalue weighted by Gasteiger charge is 2.26. The second-order valence-electron chi connectivity index (χ2n) is 3.77. The van der Waals surface area contributed by atoms with E-state index in [-0.39, 0.29) is 24.0 Å². The van der Waals surface area contributed by atoms with E-state index in [2.05, 4.69) is 5.32 Å². The predicted octanol–water partition coefficient (Wildman–Crippen LogP) is 0.672. The minimum atomic E-state index is -0.326. The molecule has 12 heavy (non-hydrogen) atoms. The number of hydrogen-bond acceptors (Lipinski definition) is 2. The molecule has 0 radical (unpaired) electrons. The Labute approximate surface area is 73.2 Å². The maximum absolute atomic E-state index is 11.2. The smallest absolute Gasteiger partial charge is 0.222 e. The van der Waals surface area contributed by atoms with Crippen molar-refractivity contribution in [2.45, 2.75) is 45.3 Å². The number of hydrogen-bond donors (Lipinski definition) is 2. The molecule has 0 bridgehead atoms. The zero-order chi connectivity index (χ0) is 9.14. The molecule has 3 nitrogen and oxygen atoms in total. The van der Waals surface area contributed by atoms with Crippen molar-refractivity contribution in [3.8, 4) is 0 Å². The molecule has 0 spiro atoms. The van der Waals surface area contributed by atoms with Gasteiger partial charge in [0, 0.05) is 5.92 Å². The number of carbonyl (C=O) groups is 1. The van der Waals surface area contributed by atoms with Gasteiger partial charge in [0.25, 0.3) is 0 Å². The minimum absolute atomic E-state index is 0.0000926. The zero-order valence-electron chi connectivity index (χ0n) is 7.71. The molecular weight excluding hydrogens is 154 g/mol. The predicted molar refractivity (Wildman–Crippen MR) is 46.6 cm³/mol. The normalized spacial score (nSPS) is 29.3. The van der Waals surface area contributed by atoms with E-state index in [9.17, 15) is 9.90 Å². The van der Waals surface area contributed by atoms with Crippen LogP contribution in [0.2, 0.25) is 0 Å². The van der Waals surface area contributed by atoms with E-state index in [0.717, 1.165) is 19.3 Å². The molecule has 1 rings (SSSR count). The largest absolute Gasteiger partial charge is 0.391 e. The summed E-state index contributed by atoms with van der Waals surface area (Å²) in [5.41, 5.74) is 0. The molecule has 70 valence electrons. The first-order chi connectivity index (χ1) is 5.61. The Hall–Kier alpha value is -0.570. The summed E-state index contributed by atoms with van der Waals surface area (Å²) in [5, 5.41) is 12.2. The number of aliphatic hydroxyl groups is 1. The summed E-state index contributed by atoms with van der Waals surface area (Å²) in [4.78, 5) is 11.2. The minimum Gasteiger partial charge on any atom is -0.391 e. The second-order valence-corrected chi connectivity index (χ2v) is 3.77. The second kappa shape index (κ2) is 3.90. The van der Waals surface area contributed by atoms with Crippen LogP contribution in [0.3, 0.4) is 0 Å². The van der Waals surface area contributed by atoms with Crippen molar-refractivity contribution in [3.63, 3.8) is 0 Å². The van der Waals surface area contributed by atoms with E-state index in [4.69, 9.17) is 0 Å². The fourth-order valence-electron chi connectivity index (χ4n) is 1.46. The van der Waals surface area contributed by atoms with E-state index in [1.807, 2.05) is 13.8 Å². The van der Waals surface area contributed by atoms with Crippen LogP contribution >= 0.6 is 0 Å². The van der Waals surface area contributed by atoms with Gasteiger partial charge >= 0.3 is 0 Å². The number of carbonyl (C=O) groups excluding carboxylic acids is 1. The summed E-state index contributed by atoms with van der Waals surface area (Å²) in [6, 6.07) is -0.0000926. The van der Waals surface area contributed by atoms with Crippen LogP contribution in [0.5, 0.6) is 0 Å². The van der Waals surface area contributed by atoms with Crippen molar-refractivity contribution in [3.05, 3.63) is 0 Å². The third kappa shape index (κ3) is 2.21. The van der Waals surface area contributed by atoms with Gasteiger partial charge in [0.2, 0.25) is 5.91 Å². The van der Waals surface area contributed by atoms with Crippen molar-refractivity contribution >= 4 is 5.91 Å². The summed E-state index contributed by atoms with van der Waals surface area (Å²) in [6.45, 7) is 3.72. The van der Waals surface area contributed by atoms with E-state index in [1.54, 1.807) is 0 Å². The number of aliphatic hydroxyl groups excluding tert-OH is 1. The molecule has 0 aromatic rings. The molecule has 3 heteroatoms. The van der Waals surface area contributed by atoms with Crippen molar-refractivity contribution < 1.29 is 9.90 Å². The molecule has 1 amide bonds. The van der Waals surface area contributed by atoms with Crippen LogP contribution < -0.4 is 5.32 Å². The van der Waals surface area contributed by atoms with Crippen LogP contribution in [0.1, 0.15) is 33.1 Å². The Kier molecular flexibility index (Phi) is 3.09.